The van der Waals surface area contributed by atoms with Crippen molar-refractivity contribution >= 4 is 21.4 Å². The largest absolute Gasteiger partial charge is 0.493 e. The van der Waals surface area contributed by atoms with Gasteiger partial charge in [-0.3, -0.25) is 0 Å². The van der Waals surface area contributed by atoms with Gasteiger partial charge in [-0.2, -0.15) is 0 Å². The fourth-order valence-electron chi connectivity index (χ4n) is 2.89. The molecule has 0 spiro atoms. The van der Waals surface area contributed by atoms with Crippen LogP contribution in [0.4, 0.5) is 0 Å². The molecule has 1 aliphatic rings. The number of hydrogen-bond donors (Lipinski definition) is 2. The predicted octanol–water partition coefficient (Wildman–Crippen LogP) is 0.441. The van der Waals surface area contributed by atoms with Gasteiger partial charge < -0.3 is 15.0 Å². The Morgan fingerprint density at radius 3 is 2.95 bits per heavy atom. The lowest BCUT2D eigenvalue weighted by molar-refractivity contribution is -0.946. The summed E-state index contributed by atoms with van der Waals surface area (Å²) in [5.74, 6) is 1.01. The molecule has 108 valence electrons. The molecule has 3 N–H and O–H groups in total. The zero-order valence-electron chi connectivity index (χ0n) is 12.2. The lowest BCUT2D eigenvalue weighted by Crippen LogP contribution is -3.20. The lowest BCUT2D eigenvalue weighted by atomic mass is 10.2. The van der Waals surface area contributed by atoms with E-state index in [1.54, 1.807) is 4.90 Å². The Labute approximate surface area is 124 Å². The number of aryl methyl sites for hydroxylation is 1. The smallest absolute Gasteiger partial charge is 0.127 e. The van der Waals surface area contributed by atoms with E-state index in [4.69, 9.17) is 4.74 Å². The predicted molar refractivity (Wildman–Crippen MR) is 83.9 cm³/mol. The van der Waals surface area contributed by atoms with Gasteiger partial charge in [0.05, 0.1) is 13.2 Å². The monoisotopic (exact) mass is 292 g/mol. The van der Waals surface area contributed by atoms with Gasteiger partial charge in [0.15, 0.2) is 0 Å². The van der Waals surface area contributed by atoms with E-state index < -0.39 is 0 Å². The molecule has 1 aromatic heterocycles. The summed E-state index contributed by atoms with van der Waals surface area (Å²) < 4.78 is 7.25. The molecule has 20 heavy (non-hydrogen) atoms. The maximum absolute atomic E-state index is 5.90. The Balaban J connectivity index is 1.46. The molecule has 1 saturated heterocycles. The third kappa shape index (κ3) is 3.51. The van der Waals surface area contributed by atoms with E-state index >= 15 is 0 Å². The number of nitrogens with two attached hydrogens (primary N) is 1. The highest BCUT2D eigenvalue weighted by molar-refractivity contribution is 7.19. The number of nitrogens with one attached hydrogen (secondary N) is 1. The van der Waals surface area contributed by atoms with Crippen molar-refractivity contribution < 1.29 is 15.0 Å². The second kappa shape index (κ2) is 6.57. The fourth-order valence-corrected chi connectivity index (χ4v) is 3.79. The summed E-state index contributed by atoms with van der Waals surface area (Å²) in [7, 11) is 0. The van der Waals surface area contributed by atoms with Crippen LogP contribution in [0.25, 0.3) is 10.1 Å². The normalized spacial score (nSPS) is 16.6. The molecule has 4 heteroatoms. The van der Waals surface area contributed by atoms with E-state index in [1.165, 1.54) is 47.7 Å². The van der Waals surface area contributed by atoms with E-state index in [2.05, 4.69) is 36.5 Å². The van der Waals surface area contributed by atoms with Gasteiger partial charge in [0.1, 0.15) is 31.9 Å². The van der Waals surface area contributed by atoms with E-state index in [0.29, 0.717) is 0 Å². The summed E-state index contributed by atoms with van der Waals surface area (Å²) in [6.45, 7) is 9.41. The molecule has 0 bridgehead atoms. The number of thiophene rings is 1. The Bertz CT molecular complexity index is 561. The van der Waals surface area contributed by atoms with Gasteiger partial charge in [0, 0.05) is 16.0 Å². The molecule has 0 atom stereocenters. The average molecular weight is 292 g/mol. The number of hydrogen-bond acceptors (Lipinski definition) is 2. The first kappa shape index (κ1) is 13.9. The molecule has 0 radical (unpaired) electrons. The highest BCUT2D eigenvalue weighted by Gasteiger charge is 2.14. The fraction of sp³-hybridized carbons (Fsp3) is 0.500. The van der Waals surface area contributed by atoms with Gasteiger partial charge in [0.25, 0.3) is 0 Å². The summed E-state index contributed by atoms with van der Waals surface area (Å²) in [4.78, 5) is 3.10. The molecule has 0 aliphatic carbocycles. The van der Waals surface area contributed by atoms with Gasteiger partial charge >= 0.3 is 0 Å². The van der Waals surface area contributed by atoms with Crippen LogP contribution >= 0.6 is 11.3 Å². The van der Waals surface area contributed by atoms with Crippen molar-refractivity contribution in [3.63, 3.8) is 0 Å². The van der Waals surface area contributed by atoms with E-state index in [9.17, 15) is 0 Å². The zero-order chi connectivity index (χ0) is 13.8. The molecule has 1 fully saturated rings. The Kier molecular flexibility index (Phi) is 4.55. The van der Waals surface area contributed by atoms with Crippen LogP contribution in [0, 0.1) is 6.92 Å². The van der Waals surface area contributed by atoms with Crippen LogP contribution in [0.5, 0.6) is 5.75 Å². The van der Waals surface area contributed by atoms with Gasteiger partial charge in [-0.25, -0.2) is 0 Å². The van der Waals surface area contributed by atoms with Crippen molar-refractivity contribution in [1.29, 1.82) is 0 Å². The van der Waals surface area contributed by atoms with Crippen LogP contribution in [0.3, 0.4) is 0 Å². The Morgan fingerprint density at radius 1 is 1.25 bits per heavy atom. The maximum Gasteiger partial charge on any atom is 0.127 e. The first-order valence-corrected chi connectivity index (χ1v) is 8.41. The molecular weight excluding hydrogens is 268 g/mol. The molecular formula is C16H24N2OS+2. The van der Waals surface area contributed by atoms with E-state index in [1.807, 2.05) is 11.3 Å². The topological polar surface area (TPSA) is 30.3 Å². The molecule has 1 aromatic carbocycles. The number of piperazine rings is 1. The van der Waals surface area contributed by atoms with Crippen LogP contribution in [0.1, 0.15) is 11.3 Å². The molecule has 2 heterocycles. The van der Waals surface area contributed by atoms with Crippen molar-refractivity contribution in [2.24, 2.45) is 0 Å². The van der Waals surface area contributed by atoms with Gasteiger partial charge in [0.2, 0.25) is 0 Å². The average Bonchev–Trinajstić information content (AvgIpc) is 2.84. The second-order valence-electron chi connectivity index (χ2n) is 5.62. The highest BCUT2D eigenvalue weighted by Crippen LogP contribution is 2.28. The maximum atomic E-state index is 5.90. The number of benzene rings is 1. The standard InChI is InChI=1S/C16H22N2OS/c1-13-11-14-12-15(3-4-16(14)20-13)19-10-2-7-18-8-5-17-6-9-18/h3-4,11-12,17H,2,5-10H2,1H3/p+2. The van der Waals surface area contributed by atoms with Gasteiger partial charge in [-0.05, 0) is 36.6 Å². The highest BCUT2D eigenvalue weighted by atomic mass is 32.1. The third-order valence-electron chi connectivity index (χ3n) is 3.96. The quantitative estimate of drug-likeness (QED) is 0.770. The summed E-state index contributed by atoms with van der Waals surface area (Å²) >= 11 is 1.85. The molecule has 1 aliphatic heterocycles. The van der Waals surface area contributed by atoms with E-state index in [0.717, 1.165) is 18.8 Å². The summed E-state index contributed by atoms with van der Waals surface area (Å²) in [6, 6.07) is 8.68. The minimum atomic E-state index is 0.835. The van der Waals surface area contributed by atoms with Gasteiger partial charge in [-0.1, -0.05) is 0 Å². The Hall–Kier alpha value is -1.10. The number of ether oxygens (including phenoxy) is 1. The van der Waals surface area contributed by atoms with Crippen LogP contribution < -0.4 is 15.0 Å². The Morgan fingerprint density at radius 2 is 2.10 bits per heavy atom. The molecule has 0 unspecified atom stereocenters. The third-order valence-corrected chi connectivity index (χ3v) is 4.99. The number of quaternary nitrogens is 2. The first-order valence-electron chi connectivity index (χ1n) is 7.59. The lowest BCUT2D eigenvalue weighted by Gasteiger charge is -2.22. The van der Waals surface area contributed by atoms with Crippen molar-refractivity contribution in [3.05, 3.63) is 29.1 Å². The van der Waals surface area contributed by atoms with Crippen molar-refractivity contribution in [1.82, 2.24) is 0 Å². The number of fused-ring (bicyclic) bond motifs is 1. The molecule has 0 saturated carbocycles. The zero-order valence-corrected chi connectivity index (χ0v) is 13.0. The minimum absolute atomic E-state index is 0.835. The minimum Gasteiger partial charge on any atom is -0.493 e. The van der Waals surface area contributed by atoms with Gasteiger partial charge in [-0.15, -0.1) is 11.3 Å². The van der Waals surface area contributed by atoms with Crippen LogP contribution in [0.2, 0.25) is 0 Å². The van der Waals surface area contributed by atoms with Crippen molar-refractivity contribution in [2.75, 3.05) is 39.3 Å². The SMILES string of the molecule is Cc1cc2cc(OCCC[NH+]3CC[NH2+]CC3)ccc2s1. The molecule has 2 aromatic rings. The molecule has 0 amide bonds. The summed E-state index contributed by atoms with van der Waals surface area (Å²) in [5, 5.41) is 3.72. The van der Waals surface area contributed by atoms with Crippen LogP contribution in [-0.4, -0.2) is 39.3 Å². The number of rotatable bonds is 5. The van der Waals surface area contributed by atoms with Crippen molar-refractivity contribution in [2.45, 2.75) is 13.3 Å². The molecule has 3 rings (SSSR count). The summed E-state index contributed by atoms with van der Waals surface area (Å²) in [6.07, 6.45) is 1.15. The molecule has 3 nitrogen and oxygen atoms in total. The second-order valence-corrected chi connectivity index (χ2v) is 6.91. The van der Waals surface area contributed by atoms with Crippen LogP contribution in [0.15, 0.2) is 24.3 Å². The van der Waals surface area contributed by atoms with Crippen LogP contribution in [-0.2, 0) is 0 Å². The van der Waals surface area contributed by atoms with E-state index in [-0.39, 0.29) is 0 Å². The summed E-state index contributed by atoms with van der Waals surface area (Å²) in [5.41, 5.74) is 0. The van der Waals surface area contributed by atoms with Crippen molar-refractivity contribution in [3.8, 4) is 5.75 Å². The first-order chi connectivity index (χ1) is 9.81.